The molecule has 0 atom stereocenters. The predicted octanol–water partition coefficient (Wildman–Crippen LogP) is 4.59. The first-order valence-corrected chi connectivity index (χ1v) is 12.1. The van der Waals surface area contributed by atoms with E-state index in [1.165, 1.54) is 0 Å². The van der Waals surface area contributed by atoms with E-state index in [2.05, 4.69) is 5.32 Å². The molecular weight excluding hydrogens is 425 g/mol. The number of rotatable bonds is 5. The lowest BCUT2D eigenvalue weighted by Crippen LogP contribution is -2.40. The van der Waals surface area contributed by atoms with Gasteiger partial charge >= 0.3 is 0 Å². The Labute approximate surface area is 173 Å². The number of thioether (sulfide) groups is 1. The predicted molar refractivity (Wildman–Crippen MR) is 112 cm³/mol. The molecule has 1 aliphatic heterocycles. The Hall–Kier alpha value is -1.21. The molecule has 0 aromatic heterocycles. The van der Waals surface area contributed by atoms with Gasteiger partial charge in [0.2, 0.25) is 0 Å². The van der Waals surface area contributed by atoms with E-state index in [4.69, 9.17) is 23.2 Å². The third-order valence-electron chi connectivity index (χ3n) is 4.39. The molecule has 1 fully saturated rings. The van der Waals surface area contributed by atoms with Crippen molar-refractivity contribution in [3.8, 4) is 0 Å². The van der Waals surface area contributed by atoms with Gasteiger partial charge in [0.05, 0.1) is 16.5 Å². The fraction of sp³-hybridized carbons (Fsp3) is 0.316. The summed E-state index contributed by atoms with van der Waals surface area (Å²) in [7, 11) is -2.93. The van der Waals surface area contributed by atoms with Crippen LogP contribution in [0.1, 0.15) is 28.8 Å². The lowest BCUT2D eigenvalue weighted by molar-refractivity contribution is 0.0934. The number of amides is 1. The van der Waals surface area contributed by atoms with Crippen molar-refractivity contribution in [3.05, 3.63) is 63.6 Å². The molecule has 1 aliphatic rings. The molecule has 0 radical (unpaired) electrons. The van der Waals surface area contributed by atoms with Gasteiger partial charge in [0.15, 0.2) is 0 Å². The van der Waals surface area contributed by atoms with Crippen LogP contribution >= 0.6 is 35.0 Å². The van der Waals surface area contributed by atoms with Crippen molar-refractivity contribution in [1.29, 1.82) is 0 Å². The van der Waals surface area contributed by atoms with Gasteiger partial charge in [-0.15, -0.1) is 11.8 Å². The molecule has 1 saturated heterocycles. The molecule has 0 unspecified atom stereocenters. The summed E-state index contributed by atoms with van der Waals surface area (Å²) >= 11 is 13.8. The number of hydrogen-bond donors (Lipinski definition) is 1. The minimum Gasteiger partial charge on any atom is -0.349 e. The highest BCUT2D eigenvalue weighted by atomic mass is 35.5. The van der Waals surface area contributed by atoms with Crippen LogP contribution in [0.4, 0.5) is 0 Å². The molecule has 144 valence electrons. The molecule has 1 heterocycles. The van der Waals surface area contributed by atoms with Gasteiger partial charge in [-0.3, -0.25) is 4.79 Å². The maximum absolute atomic E-state index is 12.3. The van der Waals surface area contributed by atoms with E-state index in [0.29, 0.717) is 34.2 Å². The Morgan fingerprint density at radius 3 is 2.41 bits per heavy atom. The second kappa shape index (κ2) is 8.86. The lowest BCUT2D eigenvalue weighted by atomic mass is 10.1. The number of benzene rings is 2. The number of halogens is 2. The highest BCUT2D eigenvalue weighted by Gasteiger charge is 2.24. The highest BCUT2D eigenvalue weighted by molar-refractivity contribution is 7.98. The highest BCUT2D eigenvalue weighted by Crippen LogP contribution is 2.32. The van der Waals surface area contributed by atoms with Crippen molar-refractivity contribution in [2.75, 3.05) is 11.5 Å². The minimum atomic E-state index is -2.93. The van der Waals surface area contributed by atoms with Crippen LogP contribution < -0.4 is 5.32 Å². The van der Waals surface area contributed by atoms with Crippen LogP contribution in [0.2, 0.25) is 10.0 Å². The van der Waals surface area contributed by atoms with Crippen LogP contribution in [0.3, 0.4) is 0 Å². The summed E-state index contributed by atoms with van der Waals surface area (Å²) in [5, 5.41) is 4.23. The number of hydrogen-bond acceptors (Lipinski definition) is 4. The second-order valence-electron chi connectivity index (χ2n) is 6.46. The van der Waals surface area contributed by atoms with Crippen LogP contribution in [0, 0.1) is 0 Å². The third-order valence-corrected chi connectivity index (χ3v) is 7.91. The van der Waals surface area contributed by atoms with E-state index < -0.39 is 9.84 Å². The monoisotopic (exact) mass is 443 g/mol. The first kappa shape index (κ1) is 20.5. The van der Waals surface area contributed by atoms with E-state index in [1.54, 1.807) is 36.0 Å². The van der Waals surface area contributed by atoms with Gasteiger partial charge in [0.1, 0.15) is 9.84 Å². The number of sulfone groups is 1. The smallest absolute Gasteiger partial charge is 0.251 e. The average Bonchev–Trinajstić information content (AvgIpc) is 2.64. The molecule has 0 bridgehead atoms. The summed E-state index contributed by atoms with van der Waals surface area (Å²) in [5.74, 6) is 0.819. The standard InChI is InChI=1S/C19H19Cl2NO3S2/c20-15-5-6-17(21)18(11-15)26-12-13-1-3-14(4-2-13)19(23)22-16-7-9-27(24,25)10-8-16/h1-6,11,16H,7-10,12H2,(H,22,23). The Kier molecular flexibility index (Phi) is 6.74. The van der Waals surface area contributed by atoms with Gasteiger partial charge in [-0.25, -0.2) is 8.42 Å². The fourth-order valence-corrected chi connectivity index (χ4v) is 5.74. The third kappa shape index (κ3) is 5.88. The number of carbonyl (C=O) groups is 1. The fourth-order valence-electron chi connectivity index (χ4n) is 2.80. The molecule has 2 aromatic rings. The normalized spacial score (nSPS) is 16.8. The van der Waals surface area contributed by atoms with Gasteiger partial charge in [0.25, 0.3) is 5.91 Å². The summed E-state index contributed by atoms with van der Waals surface area (Å²) in [6.45, 7) is 0. The topological polar surface area (TPSA) is 63.2 Å². The SMILES string of the molecule is O=C(NC1CCS(=O)(=O)CC1)c1ccc(CSc2cc(Cl)ccc2Cl)cc1. The zero-order valence-electron chi connectivity index (χ0n) is 14.5. The molecule has 2 aromatic carbocycles. The van der Waals surface area contributed by atoms with Crippen LogP contribution in [-0.4, -0.2) is 31.9 Å². The van der Waals surface area contributed by atoms with E-state index in [1.807, 2.05) is 18.2 Å². The van der Waals surface area contributed by atoms with Crippen LogP contribution in [-0.2, 0) is 15.6 Å². The minimum absolute atomic E-state index is 0.0822. The molecular formula is C19H19Cl2NO3S2. The molecule has 3 rings (SSSR count). The first-order valence-electron chi connectivity index (χ1n) is 8.50. The summed E-state index contributed by atoms with van der Waals surface area (Å²) in [6, 6.07) is 12.7. The molecule has 1 amide bonds. The van der Waals surface area contributed by atoms with Crippen molar-refractivity contribution in [2.24, 2.45) is 0 Å². The molecule has 0 saturated carbocycles. The Morgan fingerprint density at radius 1 is 1.07 bits per heavy atom. The zero-order chi connectivity index (χ0) is 19.4. The van der Waals surface area contributed by atoms with Gasteiger partial charge < -0.3 is 5.32 Å². The molecule has 1 N–H and O–H groups in total. The average molecular weight is 444 g/mol. The van der Waals surface area contributed by atoms with Crippen LogP contribution in [0.5, 0.6) is 0 Å². The summed E-state index contributed by atoms with van der Waals surface area (Å²) in [4.78, 5) is 13.3. The van der Waals surface area contributed by atoms with Crippen LogP contribution in [0.25, 0.3) is 0 Å². The summed E-state index contributed by atoms with van der Waals surface area (Å²) in [6.07, 6.45) is 0.951. The molecule has 0 aliphatic carbocycles. The van der Waals surface area contributed by atoms with E-state index in [-0.39, 0.29) is 23.5 Å². The maximum Gasteiger partial charge on any atom is 0.251 e. The zero-order valence-corrected chi connectivity index (χ0v) is 17.6. The molecule has 27 heavy (non-hydrogen) atoms. The van der Waals surface area contributed by atoms with Gasteiger partial charge in [-0.1, -0.05) is 35.3 Å². The first-order chi connectivity index (χ1) is 12.8. The van der Waals surface area contributed by atoms with Crippen molar-refractivity contribution >= 4 is 50.7 Å². The molecule has 8 heteroatoms. The van der Waals surface area contributed by atoms with E-state index in [0.717, 1.165) is 10.5 Å². The number of nitrogens with one attached hydrogen (secondary N) is 1. The van der Waals surface area contributed by atoms with Gasteiger partial charge in [-0.05, 0) is 48.7 Å². The summed E-state index contributed by atoms with van der Waals surface area (Å²) in [5.41, 5.74) is 1.63. The maximum atomic E-state index is 12.3. The lowest BCUT2D eigenvalue weighted by Gasteiger charge is -2.23. The van der Waals surface area contributed by atoms with Crippen molar-refractivity contribution < 1.29 is 13.2 Å². The molecule has 4 nitrogen and oxygen atoms in total. The van der Waals surface area contributed by atoms with Gasteiger partial charge in [-0.2, -0.15) is 0 Å². The van der Waals surface area contributed by atoms with Crippen molar-refractivity contribution in [2.45, 2.75) is 29.5 Å². The quantitative estimate of drug-likeness (QED) is 0.686. The van der Waals surface area contributed by atoms with Crippen molar-refractivity contribution in [3.63, 3.8) is 0 Å². The Balaban J connectivity index is 1.55. The largest absolute Gasteiger partial charge is 0.349 e. The van der Waals surface area contributed by atoms with Crippen LogP contribution in [0.15, 0.2) is 47.4 Å². The second-order valence-corrected chi connectivity index (χ2v) is 10.6. The van der Waals surface area contributed by atoms with E-state index >= 15 is 0 Å². The van der Waals surface area contributed by atoms with Crippen molar-refractivity contribution in [1.82, 2.24) is 5.32 Å². The van der Waals surface area contributed by atoms with E-state index in [9.17, 15) is 13.2 Å². The Bertz CT molecular complexity index is 916. The summed E-state index contributed by atoms with van der Waals surface area (Å²) < 4.78 is 22.9. The number of carbonyl (C=O) groups excluding carboxylic acids is 1. The van der Waals surface area contributed by atoms with Gasteiger partial charge in [0, 0.05) is 27.3 Å². The molecule has 0 spiro atoms. The Morgan fingerprint density at radius 2 is 1.74 bits per heavy atom.